The Morgan fingerprint density at radius 1 is 1.44 bits per heavy atom. The van der Waals surface area contributed by atoms with Gasteiger partial charge in [0.1, 0.15) is 5.56 Å². The molecule has 0 spiro atoms. The number of pyridine rings is 1. The summed E-state index contributed by atoms with van der Waals surface area (Å²) in [5, 5.41) is 10.4. The zero-order valence-electron chi connectivity index (χ0n) is 8.04. The maximum Gasteiger partial charge on any atom is 0.573 e. The van der Waals surface area contributed by atoms with E-state index in [0.29, 0.717) is 6.20 Å². The molecule has 18 heavy (non-hydrogen) atoms. The number of hydrogen-bond acceptors (Lipinski definition) is 4. The first-order chi connectivity index (χ1) is 8.13. The van der Waals surface area contributed by atoms with Crippen LogP contribution >= 0.6 is 22.6 Å². The Morgan fingerprint density at radius 3 is 2.39 bits per heavy atom. The minimum Gasteiger partial charge on any atom is -0.401 e. The summed E-state index contributed by atoms with van der Waals surface area (Å²) in [6.45, 7) is 0. The summed E-state index contributed by atoms with van der Waals surface area (Å²) in [7, 11) is 0. The number of rotatable bonds is 3. The van der Waals surface area contributed by atoms with Crippen LogP contribution in [-0.4, -0.2) is 16.3 Å². The monoisotopic (exact) mass is 384 g/mol. The Kier molecular flexibility index (Phi) is 4.24. The summed E-state index contributed by atoms with van der Waals surface area (Å²) < 4.78 is 63.7. The molecule has 5 nitrogen and oxygen atoms in total. The van der Waals surface area contributed by atoms with E-state index in [1.54, 1.807) is 0 Å². The van der Waals surface area contributed by atoms with Crippen LogP contribution in [0.15, 0.2) is 6.20 Å². The molecule has 0 saturated heterocycles. The van der Waals surface area contributed by atoms with E-state index in [4.69, 9.17) is 0 Å². The summed E-state index contributed by atoms with van der Waals surface area (Å²) in [4.78, 5) is 12.1. The summed E-state index contributed by atoms with van der Waals surface area (Å²) in [5.41, 5.74) is -1.21. The highest BCUT2D eigenvalue weighted by molar-refractivity contribution is 14.1. The molecular formula is C7H2F5IN2O3. The molecule has 0 atom stereocenters. The SMILES string of the molecule is O=[N+]([O-])c1ncc(OC(F)(F)F)c(I)c1C(F)F. The van der Waals surface area contributed by atoms with Crippen LogP contribution in [0.3, 0.4) is 0 Å². The van der Waals surface area contributed by atoms with Crippen LogP contribution in [0.25, 0.3) is 0 Å². The Labute approximate surface area is 109 Å². The zero-order valence-corrected chi connectivity index (χ0v) is 10.2. The molecule has 0 unspecified atom stereocenters. The molecule has 0 aromatic carbocycles. The van der Waals surface area contributed by atoms with Gasteiger partial charge in [0.25, 0.3) is 6.43 Å². The molecule has 0 aliphatic heterocycles. The summed E-state index contributed by atoms with van der Waals surface area (Å²) in [6, 6.07) is 0. The Morgan fingerprint density at radius 2 is 2.00 bits per heavy atom. The van der Waals surface area contributed by atoms with Gasteiger partial charge in [0, 0.05) is 0 Å². The van der Waals surface area contributed by atoms with E-state index in [-0.39, 0.29) is 0 Å². The molecule has 100 valence electrons. The molecule has 0 saturated carbocycles. The van der Waals surface area contributed by atoms with E-state index >= 15 is 0 Å². The average molecular weight is 384 g/mol. The van der Waals surface area contributed by atoms with Crippen molar-refractivity contribution in [3.05, 3.63) is 25.4 Å². The molecule has 0 radical (unpaired) electrons. The van der Waals surface area contributed by atoms with Gasteiger partial charge >= 0.3 is 12.2 Å². The smallest absolute Gasteiger partial charge is 0.401 e. The predicted octanol–water partition coefficient (Wildman–Crippen LogP) is 3.43. The first-order valence-corrected chi connectivity index (χ1v) is 5.08. The van der Waals surface area contributed by atoms with Crippen molar-refractivity contribution in [2.75, 3.05) is 0 Å². The third-order valence-corrected chi connectivity index (χ3v) is 2.73. The standard InChI is InChI=1S/C7H2F5IN2O3/c8-5(9)3-4(13)2(18-7(10,11)12)1-14-6(3)15(16)17/h1,5H. The van der Waals surface area contributed by atoms with E-state index in [1.165, 1.54) is 0 Å². The van der Waals surface area contributed by atoms with Crippen LogP contribution in [0.2, 0.25) is 0 Å². The normalized spacial score (nSPS) is 11.7. The highest BCUT2D eigenvalue weighted by Crippen LogP contribution is 2.37. The first-order valence-electron chi connectivity index (χ1n) is 4.00. The van der Waals surface area contributed by atoms with E-state index < -0.39 is 38.4 Å². The molecule has 0 aliphatic rings. The molecule has 11 heteroatoms. The number of halogens is 6. The van der Waals surface area contributed by atoms with Crippen molar-refractivity contribution in [2.45, 2.75) is 12.8 Å². The van der Waals surface area contributed by atoms with Crippen molar-refractivity contribution >= 4 is 28.4 Å². The quantitative estimate of drug-likeness (QED) is 0.347. The van der Waals surface area contributed by atoms with E-state index in [0.717, 1.165) is 22.6 Å². The van der Waals surface area contributed by atoms with Crippen molar-refractivity contribution in [1.82, 2.24) is 4.98 Å². The molecule has 0 aliphatic carbocycles. The molecule has 1 heterocycles. The van der Waals surface area contributed by atoms with E-state index in [9.17, 15) is 32.1 Å². The number of hydrogen-bond donors (Lipinski definition) is 0. The Bertz CT molecular complexity index is 479. The van der Waals surface area contributed by atoms with Gasteiger partial charge in [-0.25, -0.2) is 8.78 Å². The van der Waals surface area contributed by atoms with Gasteiger partial charge in [0.2, 0.25) is 0 Å². The van der Waals surface area contributed by atoms with Gasteiger partial charge < -0.3 is 14.9 Å². The molecule has 0 bridgehead atoms. The lowest BCUT2D eigenvalue weighted by Crippen LogP contribution is -2.18. The van der Waals surface area contributed by atoms with Gasteiger partial charge in [0.05, 0.1) is 3.57 Å². The number of alkyl halides is 5. The third-order valence-electron chi connectivity index (χ3n) is 1.61. The highest BCUT2D eigenvalue weighted by Gasteiger charge is 2.36. The lowest BCUT2D eigenvalue weighted by Gasteiger charge is -2.11. The number of aromatic nitrogens is 1. The largest absolute Gasteiger partial charge is 0.573 e. The van der Waals surface area contributed by atoms with Crippen molar-refractivity contribution in [3.63, 3.8) is 0 Å². The fourth-order valence-corrected chi connectivity index (χ4v) is 1.74. The number of ether oxygens (including phenoxy) is 1. The van der Waals surface area contributed by atoms with Crippen LogP contribution in [0.5, 0.6) is 5.75 Å². The van der Waals surface area contributed by atoms with E-state index in [2.05, 4.69) is 9.72 Å². The number of nitro groups is 1. The number of nitrogens with zero attached hydrogens (tertiary/aromatic N) is 2. The van der Waals surface area contributed by atoms with Crippen LogP contribution in [0.1, 0.15) is 12.0 Å². The summed E-state index contributed by atoms with van der Waals surface area (Å²) in [6.07, 6.45) is -8.07. The first kappa shape index (κ1) is 14.8. The van der Waals surface area contributed by atoms with Crippen molar-refractivity contribution in [2.24, 2.45) is 0 Å². The maximum atomic E-state index is 12.6. The van der Waals surface area contributed by atoms with Gasteiger partial charge in [-0.2, -0.15) is 0 Å². The summed E-state index contributed by atoms with van der Waals surface area (Å²) >= 11 is 1.11. The summed E-state index contributed by atoms with van der Waals surface area (Å²) in [5.74, 6) is -2.21. The molecule has 0 fully saturated rings. The fraction of sp³-hybridized carbons (Fsp3) is 0.286. The van der Waals surface area contributed by atoms with Crippen LogP contribution < -0.4 is 4.74 Å². The van der Waals surface area contributed by atoms with Crippen LogP contribution in [-0.2, 0) is 0 Å². The molecular weight excluding hydrogens is 382 g/mol. The minimum absolute atomic E-state index is 0.374. The zero-order chi connectivity index (χ0) is 14.1. The van der Waals surface area contributed by atoms with Crippen molar-refractivity contribution in [3.8, 4) is 5.75 Å². The lowest BCUT2D eigenvalue weighted by atomic mass is 10.2. The molecule has 1 rings (SSSR count). The molecule has 0 amide bonds. The van der Waals surface area contributed by atoms with Gasteiger partial charge in [-0.3, -0.25) is 0 Å². The minimum atomic E-state index is -5.10. The topological polar surface area (TPSA) is 65.3 Å². The van der Waals surface area contributed by atoms with Crippen LogP contribution in [0, 0.1) is 13.7 Å². The van der Waals surface area contributed by atoms with E-state index in [1.807, 2.05) is 0 Å². The Balaban J connectivity index is 3.35. The second kappa shape index (κ2) is 5.16. The molecule has 0 N–H and O–H groups in total. The van der Waals surface area contributed by atoms with Gasteiger partial charge in [-0.05, 0) is 32.5 Å². The maximum absolute atomic E-state index is 12.6. The van der Waals surface area contributed by atoms with Crippen molar-refractivity contribution in [1.29, 1.82) is 0 Å². The Hall–Kier alpha value is -1.27. The second-order valence-electron chi connectivity index (χ2n) is 2.78. The predicted molar refractivity (Wildman–Crippen MR) is 55.2 cm³/mol. The van der Waals surface area contributed by atoms with Gasteiger partial charge in [-0.15, -0.1) is 13.2 Å². The average Bonchev–Trinajstić information content (AvgIpc) is 2.17. The molecule has 1 aromatic heterocycles. The molecule has 1 aromatic rings. The third kappa shape index (κ3) is 3.36. The lowest BCUT2D eigenvalue weighted by molar-refractivity contribution is -0.391. The van der Waals surface area contributed by atoms with Gasteiger partial charge in [-0.1, -0.05) is 0 Å². The highest BCUT2D eigenvalue weighted by atomic mass is 127. The van der Waals surface area contributed by atoms with Crippen molar-refractivity contribution < 1.29 is 31.6 Å². The van der Waals surface area contributed by atoms with Crippen LogP contribution in [0.4, 0.5) is 27.8 Å². The second-order valence-corrected chi connectivity index (χ2v) is 3.86. The van der Waals surface area contributed by atoms with Gasteiger partial charge in [0.15, 0.2) is 11.9 Å². The fourth-order valence-electron chi connectivity index (χ4n) is 1.01.